The van der Waals surface area contributed by atoms with E-state index in [2.05, 4.69) is 30.9 Å². The van der Waals surface area contributed by atoms with Crippen molar-refractivity contribution in [3.63, 3.8) is 0 Å². The van der Waals surface area contributed by atoms with Gasteiger partial charge >= 0.3 is 5.17 Å². The highest BCUT2D eigenvalue weighted by Gasteiger charge is 2.03. The lowest BCUT2D eigenvalue weighted by atomic mass is 10.3. The summed E-state index contributed by atoms with van der Waals surface area (Å²) in [5.41, 5.74) is 6.66. The van der Waals surface area contributed by atoms with E-state index in [4.69, 9.17) is 11.1 Å². The molecule has 4 heteroatoms. The standard InChI is InChI=1S/C11H17N3S/c1-3-14(4-2)9-5-7-10(8-6-9)15-11(12)13/h5-8H,3-4H2,1-2H3,(H3,12,13)/p+1. The Morgan fingerprint density at radius 2 is 1.80 bits per heavy atom. The zero-order valence-corrected chi connectivity index (χ0v) is 10.1. The highest BCUT2D eigenvalue weighted by atomic mass is 32.2. The van der Waals surface area contributed by atoms with E-state index in [1.807, 2.05) is 12.1 Å². The number of nitrogens with zero attached hydrogens (tertiary/aromatic N) is 1. The number of anilines is 1. The Morgan fingerprint density at radius 3 is 2.20 bits per heavy atom. The lowest BCUT2D eigenvalue weighted by molar-refractivity contribution is -0.110. The minimum absolute atomic E-state index is 0.380. The van der Waals surface area contributed by atoms with Gasteiger partial charge in [0.15, 0.2) is 0 Å². The van der Waals surface area contributed by atoms with Crippen LogP contribution in [-0.4, -0.2) is 18.3 Å². The van der Waals surface area contributed by atoms with Crippen LogP contribution in [0.2, 0.25) is 0 Å². The largest absolute Gasteiger partial charge is 0.372 e. The van der Waals surface area contributed by atoms with Gasteiger partial charge < -0.3 is 4.90 Å². The van der Waals surface area contributed by atoms with Gasteiger partial charge in [-0.25, -0.2) is 0 Å². The molecule has 0 amide bonds. The SMILES string of the molecule is CCN(CC)c1ccc(SC(N)=[NH2+])cc1. The van der Waals surface area contributed by atoms with Crippen molar-refractivity contribution >= 4 is 22.6 Å². The van der Waals surface area contributed by atoms with Crippen molar-refractivity contribution in [1.29, 1.82) is 0 Å². The summed E-state index contributed by atoms with van der Waals surface area (Å²) in [6.45, 7) is 6.35. The summed E-state index contributed by atoms with van der Waals surface area (Å²) in [6.07, 6.45) is 0. The predicted molar refractivity (Wildman–Crippen MR) is 67.0 cm³/mol. The molecule has 1 aromatic carbocycles. The molecule has 0 spiro atoms. The monoisotopic (exact) mass is 224 g/mol. The topological polar surface area (TPSA) is 54.8 Å². The van der Waals surface area contributed by atoms with Gasteiger partial charge in [0.25, 0.3) is 0 Å². The van der Waals surface area contributed by atoms with Crippen LogP contribution in [0.5, 0.6) is 0 Å². The van der Waals surface area contributed by atoms with E-state index in [0.29, 0.717) is 5.17 Å². The van der Waals surface area contributed by atoms with Gasteiger partial charge in [-0.2, -0.15) is 0 Å². The van der Waals surface area contributed by atoms with Crippen molar-refractivity contribution < 1.29 is 5.41 Å². The number of rotatable bonds is 4. The van der Waals surface area contributed by atoms with Gasteiger partial charge in [0.2, 0.25) is 0 Å². The summed E-state index contributed by atoms with van der Waals surface area (Å²) in [4.78, 5) is 3.37. The minimum atomic E-state index is 0.380. The molecule has 0 saturated carbocycles. The Labute approximate surface area is 95.2 Å². The van der Waals surface area contributed by atoms with Crippen molar-refractivity contribution in [3.8, 4) is 0 Å². The summed E-state index contributed by atoms with van der Waals surface area (Å²) < 4.78 is 0. The van der Waals surface area contributed by atoms with Crippen LogP contribution in [0.25, 0.3) is 0 Å². The molecule has 0 aliphatic carbocycles. The fraction of sp³-hybridized carbons (Fsp3) is 0.364. The van der Waals surface area contributed by atoms with Crippen LogP contribution in [0, 0.1) is 0 Å². The van der Waals surface area contributed by atoms with Crippen LogP contribution in [0.15, 0.2) is 29.2 Å². The lowest BCUT2D eigenvalue weighted by Gasteiger charge is -2.20. The van der Waals surface area contributed by atoms with Gasteiger partial charge in [-0.1, -0.05) is 0 Å². The van der Waals surface area contributed by atoms with Crippen LogP contribution in [0.3, 0.4) is 0 Å². The van der Waals surface area contributed by atoms with Gasteiger partial charge in [-0.05, 0) is 49.9 Å². The molecule has 0 heterocycles. The number of hydrogen-bond acceptors (Lipinski definition) is 2. The molecule has 0 saturated heterocycles. The molecule has 0 fully saturated rings. The Hall–Kier alpha value is -1.16. The van der Waals surface area contributed by atoms with Gasteiger partial charge in [-0.3, -0.25) is 11.1 Å². The van der Waals surface area contributed by atoms with E-state index >= 15 is 0 Å². The van der Waals surface area contributed by atoms with E-state index in [1.165, 1.54) is 17.4 Å². The molecule has 1 rings (SSSR count). The summed E-state index contributed by atoms with van der Waals surface area (Å²) in [5.74, 6) is 0. The quantitative estimate of drug-likeness (QED) is 0.450. The molecule has 0 unspecified atom stereocenters. The highest BCUT2D eigenvalue weighted by Crippen LogP contribution is 2.21. The maximum absolute atomic E-state index is 5.42. The number of thioether (sulfide) groups is 1. The third-order valence-corrected chi connectivity index (χ3v) is 2.94. The van der Waals surface area contributed by atoms with E-state index in [0.717, 1.165) is 18.0 Å². The van der Waals surface area contributed by atoms with Crippen molar-refractivity contribution in [2.24, 2.45) is 5.73 Å². The summed E-state index contributed by atoms with van der Waals surface area (Å²) >= 11 is 1.39. The zero-order valence-electron chi connectivity index (χ0n) is 9.23. The smallest absolute Gasteiger partial charge is 0.304 e. The molecule has 0 aromatic heterocycles. The molecule has 0 aliphatic rings. The highest BCUT2D eigenvalue weighted by molar-refractivity contribution is 8.13. The molecule has 4 N–H and O–H groups in total. The molecular weight excluding hydrogens is 206 g/mol. The third-order valence-electron chi connectivity index (χ3n) is 2.20. The van der Waals surface area contributed by atoms with Crippen LogP contribution < -0.4 is 16.0 Å². The molecule has 15 heavy (non-hydrogen) atoms. The number of hydrogen-bond donors (Lipinski definition) is 2. The first-order valence-corrected chi connectivity index (χ1v) is 5.89. The first-order chi connectivity index (χ1) is 7.17. The fourth-order valence-electron chi connectivity index (χ4n) is 1.45. The first-order valence-electron chi connectivity index (χ1n) is 5.08. The van der Waals surface area contributed by atoms with Gasteiger partial charge in [0.05, 0.1) is 0 Å². The van der Waals surface area contributed by atoms with Gasteiger partial charge in [-0.15, -0.1) is 0 Å². The summed E-state index contributed by atoms with van der Waals surface area (Å²) in [5, 5.41) is 5.80. The van der Waals surface area contributed by atoms with Crippen molar-refractivity contribution in [3.05, 3.63) is 24.3 Å². The van der Waals surface area contributed by atoms with E-state index in [9.17, 15) is 0 Å². The normalized spacial score (nSPS) is 10.0. The van der Waals surface area contributed by atoms with Gasteiger partial charge in [0.1, 0.15) is 0 Å². The third kappa shape index (κ3) is 3.47. The van der Waals surface area contributed by atoms with Crippen molar-refractivity contribution in [2.45, 2.75) is 18.7 Å². The Morgan fingerprint density at radius 1 is 1.27 bits per heavy atom. The average molecular weight is 224 g/mol. The molecule has 1 aromatic rings. The second-order valence-corrected chi connectivity index (χ2v) is 4.32. The molecule has 0 atom stereocenters. The van der Waals surface area contributed by atoms with E-state index in [1.54, 1.807) is 0 Å². The number of amidine groups is 1. The maximum atomic E-state index is 5.42. The van der Waals surface area contributed by atoms with Gasteiger partial charge in [0, 0.05) is 23.7 Å². The first kappa shape index (κ1) is 11.9. The molecule has 0 bridgehead atoms. The molecule has 82 valence electrons. The molecular formula is C11H18N3S+. The zero-order chi connectivity index (χ0) is 11.3. The van der Waals surface area contributed by atoms with E-state index < -0.39 is 0 Å². The maximum Gasteiger partial charge on any atom is 0.304 e. The molecule has 0 aliphatic heterocycles. The molecule has 3 nitrogen and oxygen atoms in total. The van der Waals surface area contributed by atoms with Crippen LogP contribution >= 0.6 is 11.8 Å². The molecule has 0 radical (unpaired) electrons. The van der Waals surface area contributed by atoms with Crippen LogP contribution in [-0.2, 0) is 0 Å². The Bertz CT molecular complexity index is 317. The van der Waals surface area contributed by atoms with Crippen LogP contribution in [0.1, 0.15) is 13.8 Å². The summed E-state index contributed by atoms with van der Waals surface area (Å²) in [7, 11) is 0. The lowest BCUT2D eigenvalue weighted by Crippen LogP contribution is -2.43. The van der Waals surface area contributed by atoms with Crippen LogP contribution in [0.4, 0.5) is 5.69 Å². The average Bonchev–Trinajstić information content (AvgIpc) is 2.21. The number of benzene rings is 1. The number of nitrogens with two attached hydrogens (primary N) is 2. The summed E-state index contributed by atoms with van der Waals surface area (Å²) in [6, 6.07) is 8.27. The Kier molecular flexibility index (Phi) is 4.49. The second-order valence-electron chi connectivity index (χ2n) is 3.17. The minimum Gasteiger partial charge on any atom is -0.372 e. The van der Waals surface area contributed by atoms with Crippen molar-refractivity contribution in [2.75, 3.05) is 18.0 Å². The predicted octanol–water partition coefficient (Wildman–Crippen LogP) is 0.699. The van der Waals surface area contributed by atoms with Crippen molar-refractivity contribution in [1.82, 2.24) is 0 Å². The fourth-order valence-corrected chi connectivity index (χ4v) is 1.99. The second kappa shape index (κ2) is 5.66. The van der Waals surface area contributed by atoms with E-state index in [-0.39, 0.29) is 0 Å². The Balaban J connectivity index is 2.75.